The van der Waals surface area contributed by atoms with Crippen molar-refractivity contribution < 1.29 is 14.3 Å². The van der Waals surface area contributed by atoms with Crippen LogP contribution in [0.3, 0.4) is 0 Å². The van der Waals surface area contributed by atoms with Gasteiger partial charge in [-0.15, -0.1) is 11.3 Å². The largest absolute Gasteiger partial charge is 0.443 e. The Morgan fingerprint density at radius 1 is 1.53 bits per heavy atom. The second-order valence-corrected chi connectivity index (χ2v) is 6.72. The summed E-state index contributed by atoms with van der Waals surface area (Å²) >= 11 is 1.54. The summed E-state index contributed by atoms with van der Waals surface area (Å²) in [5, 5.41) is 0. The van der Waals surface area contributed by atoms with Crippen LogP contribution in [0.2, 0.25) is 0 Å². The maximum Gasteiger partial charge on any atom is 0.417 e. The van der Waals surface area contributed by atoms with Gasteiger partial charge in [0, 0.05) is 16.3 Å². The first-order chi connectivity index (χ1) is 8.80. The minimum Gasteiger partial charge on any atom is -0.443 e. The Morgan fingerprint density at radius 3 is 2.79 bits per heavy atom. The van der Waals surface area contributed by atoms with E-state index in [0.29, 0.717) is 6.54 Å². The Morgan fingerprint density at radius 2 is 2.21 bits per heavy atom. The van der Waals surface area contributed by atoms with Gasteiger partial charge < -0.3 is 10.5 Å². The number of imide groups is 1. The molecule has 2 heterocycles. The first-order valence-electron chi connectivity index (χ1n) is 6.14. The minimum absolute atomic E-state index is 0.216. The second kappa shape index (κ2) is 4.94. The zero-order chi connectivity index (χ0) is 14.2. The van der Waals surface area contributed by atoms with E-state index in [1.807, 2.05) is 6.07 Å². The van der Waals surface area contributed by atoms with E-state index >= 15 is 0 Å². The molecule has 2 amide bonds. The average molecular weight is 282 g/mol. The summed E-state index contributed by atoms with van der Waals surface area (Å²) in [5.74, 6) is -0.216. The second-order valence-electron chi connectivity index (χ2n) is 5.50. The lowest BCUT2D eigenvalue weighted by Crippen LogP contribution is -2.43. The summed E-state index contributed by atoms with van der Waals surface area (Å²) in [5.41, 5.74) is 5.99. The van der Waals surface area contributed by atoms with Crippen molar-refractivity contribution in [2.45, 2.75) is 45.9 Å². The summed E-state index contributed by atoms with van der Waals surface area (Å²) in [6, 6.07) is 1.96. The van der Waals surface area contributed by atoms with Crippen molar-refractivity contribution in [3.63, 3.8) is 0 Å². The number of hydrogen-bond acceptors (Lipinski definition) is 5. The van der Waals surface area contributed by atoms with E-state index in [-0.39, 0.29) is 18.9 Å². The molecule has 6 heteroatoms. The van der Waals surface area contributed by atoms with Gasteiger partial charge in [0.2, 0.25) is 5.91 Å². The van der Waals surface area contributed by atoms with Crippen molar-refractivity contribution in [3.05, 3.63) is 21.4 Å². The molecule has 19 heavy (non-hydrogen) atoms. The Hall–Kier alpha value is -1.40. The quantitative estimate of drug-likeness (QED) is 0.855. The lowest BCUT2D eigenvalue weighted by Gasteiger charge is -2.28. The van der Waals surface area contributed by atoms with E-state index in [1.54, 1.807) is 32.1 Å². The van der Waals surface area contributed by atoms with Gasteiger partial charge in [-0.25, -0.2) is 9.69 Å². The topological polar surface area (TPSA) is 72.6 Å². The van der Waals surface area contributed by atoms with Gasteiger partial charge in [-0.05, 0) is 32.4 Å². The molecule has 0 aliphatic carbocycles. The zero-order valence-corrected chi connectivity index (χ0v) is 12.2. The van der Waals surface area contributed by atoms with Crippen molar-refractivity contribution in [3.8, 4) is 0 Å². The third-order valence-electron chi connectivity index (χ3n) is 2.70. The monoisotopic (exact) mass is 282 g/mol. The molecule has 0 radical (unpaired) electrons. The molecule has 1 aliphatic heterocycles. The number of hydrogen-bond donors (Lipinski definition) is 1. The van der Waals surface area contributed by atoms with Gasteiger partial charge in [0.15, 0.2) is 0 Å². The third-order valence-corrected chi connectivity index (χ3v) is 3.90. The van der Waals surface area contributed by atoms with E-state index in [1.165, 1.54) is 4.90 Å². The van der Waals surface area contributed by atoms with Gasteiger partial charge in [-0.2, -0.15) is 0 Å². The normalized spacial score (nSPS) is 15.4. The number of thiophene rings is 1. The summed E-state index contributed by atoms with van der Waals surface area (Å²) < 4.78 is 5.24. The van der Waals surface area contributed by atoms with Crippen LogP contribution in [0.5, 0.6) is 0 Å². The summed E-state index contributed by atoms with van der Waals surface area (Å²) in [6.45, 7) is 6.07. The lowest BCUT2D eigenvalue weighted by atomic mass is 10.1. The molecule has 0 saturated carbocycles. The van der Waals surface area contributed by atoms with E-state index in [2.05, 4.69) is 0 Å². The number of fused-ring (bicyclic) bond motifs is 1. The highest BCUT2D eigenvalue weighted by Gasteiger charge is 2.32. The fourth-order valence-electron chi connectivity index (χ4n) is 1.89. The molecule has 1 aliphatic rings. The molecule has 0 atom stereocenters. The highest BCUT2D eigenvalue weighted by atomic mass is 32.1. The SMILES string of the molecule is CC(C)(C)OC(=O)N1Cc2cc(CN)sc2CC1=O. The summed E-state index contributed by atoms with van der Waals surface area (Å²) in [7, 11) is 0. The fourth-order valence-corrected chi connectivity index (χ4v) is 2.94. The number of amides is 2. The third kappa shape index (κ3) is 3.13. The molecule has 2 rings (SSSR count). The van der Waals surface area contributed by atoms with E-state index in [0.717, 1.165) is 15.3 Å². The van der Waals surface area contributed by atoms with Crippen LogP contribution in [0, 0.1) is 0 Å². The van der Waals surface area contributed by atoms with Crippen LogP contribution in [-0.4, -0.2) is 22.5 Å². The van der Waals surface area contributed by atoms with Crippen LogP contribution in [0.1, 0.15) is 36.1 Å². The van der Waals surface area contributed by atoms with Crippen LogP contribution < -0.4 is 5.73 Å². The van der Waals surface area contributed by atoms with Crippen molar-refractivity contribution in [1.82, 2.24) is 4.90 Å². The maximum absolute atomic E-state index is 12.0. The van der Waals surface area contributed by atoms with Crippen molar-refractivity contribution in [1.29, 1.82) is 0 Å². The van der Waals surface area contributed by atoms with Crippen LogP contribution in [0.25, 0.3) is 0 Å². The molecule has 0 saturated heterocycles. The Bertz CT molecular complexity index is 516. The lowest BCUT2D eigenvalue weighted by molar-refractivity contribution is -0.130. The number of rotatable bonds is 1. The number of nitrogens with two attached hydrogens (primary N) is 1. The predicted molar refractivity (Wildman–Crippen MR) is 72.7 cm³/mol. The minimum atomic E-state index is -0.602. The average Bonchev–Trinajstić information content (AvgIpc) is 2.67. The van der Waals surface area contributed by atoms with Gasteiger partial charge in [0.05, 0.1) is 13.0 Å². The summed E-state index contributed by atoms with van der Waals surface area (Å²) in [6.07, 6.45) is -0.331. The zero-order valence-electron chi connectivity index (χ0n) is 11.4. The number of nitrogens with zero attached hydrogens (tertiary/aromatic N) is 1. The van der Waals surface area contributed by atoms with Crippen LogP contribution in [0.15, 0.2) is 6.07 Å². The standard InChI is InChI=1S/C13H18N2O3S/c1-13(2,3)18-12(17)15-7-8-4-9(6-14)19-10(8)5-11(15)16/h4H,5-7,14H2,1-3H3. The molecule has 5 nitrogen and oxygen atoms in total. The van der Waals surface area contributed by atoms with Crippen molar-refractivity contribution in [2.75, 3.05) is 0 Å². The first-order valence-corrected chi connectivity index (χ1v) is 6.95. The van der Waals surface area contributed by atoms with Gasteiger partial charge in [-0.3, -0.25) is 4.79 Å². The smallest absolute Gasteiger partial charge is 0.417 e. The molecule has 0 unspecified atom stereocenters. The number of carbonyl (C=O) groups is 2. The van der Waals surface area contributed by atoms with Gasteiger partial charge in [-0.1, -0.05) is 0 Å². The van der Waals surface area contributed by atoms with Gasteiger partial charge >= 0.3 is 6.09 Å². The van der Waals surface area contributed by atoms with E-state index in [4.69, 9.17) is 10.5 Å². The molecule has 0 aromatic carbocycles. The Labute approximate surface area is 116 Å². The highest BCUT2D eigenvalue weighted by molar-refractivity contribution is 7.12. The maximum atomic E-state index is 12.0. The molecule has 0 spiro atoms. The number of carbonyl (C=O) groups excluding carboxylic acids is 2. The molecule has 1 aromatic heterocycles. The molecule has 2 N–H and O–H groups in total. The Balaban J connectivity index is 2.17. The Kier molecular flexibility index (Phi) is 3.64. The molecular formula is C13H18N2O3S. The molecule has 1 aromatic rings. The summed E-state index contributed by atoms with van der Waals surface area (Å²) in [4.78, 5) is 27.2. The van der Waals surface area contributed by atoms with Gasteiger partial charge in [0.25, 0.3) is 0 Å². The predicted octanol–water partition coefficient (Wildman–Crippen LogP) is 2.03. The van der Waals surface area contributed by atoms with Crippen molar-refractivity contribution >= 4 is 23.3 Å². The van der Waals surface area contributed by atoms with Crippen LogP contribution in [0.4, 0.5) is 4.79 Å². The van der Waals surface area contributed by atoms with E-state index in [9.17, 15) is 9.59 Å². The highest BCUT2D eigenvalue weighted by Crippen LogP contribution is 2.29. The molecule has 0 bridgehead atoms. The van der Waals surface area contributed by atoms with Crippen molar-refractivity contribution in [2.24, 2.45) is 5.73 Å². The molecular weight excluding hydrogens is 264 g/mol. The van der Waals surface area contributed by atoms with Crippen LogP contribution >= 0.6 is 11.3 Å². The molecule has 0 fully saturated rings. The molecule has 104 valence electrons. The first kappa shape index (κ1) is 14.0. The number of ether oxygens (including phenoxy) is 1. The van der Waals surface area contributed by atoms with Gasteiger partial charge in [0.1, 0.15) is 5.60 Å². The van der Waals surface area contributed by atoms with E-state index < -0.39 is 11.7 Å². The fraction of sp³-hybridized carbons (Fsp3) is 0.538. The van der Waals surface area contributed by atoms with Crippen LogP contribution in [-0.2, 0) is 29.0 Å².